The van der Waals surface area contributed by atoms with E-state index in [9.17, 15) is 0 Å². The summed E-state index contributed by atoms with van der Waals surface area (Å²) in [7, 11) is 4.20. The fourth-order valence-corrected chi connectivity index (χ4v) is 1.06. The van der Waals surface area contributed by atoms with Gasteiger partial charge in [-0.3, -0.25) is 0 Å². The molecule has 1 unspecified atom stereocenters. The number of rotatable bonds is 5. The second-order valence-corrected chi connectivity index (χ2v) is 4.57. The lowest BCUT2D eigenvalue weighted by Crippen LogP contribution is -2.42. The maximum atomic E-state index is 6.13. The first-order valence-electron chi connectivity index (χ1n) is 4.80. The zero-order valence-corrected chi connectivity index (χ0v) is 9.22. The van der Waals surface area contributed by atoms with Gasteiger partial charge in [-0.05, 0) is 46.3 Å². The van der Waals surface area contributed by atoms with Gasteiger partial charge < -0.3 is 10.6 Å². The van der Waals surface area contributed by atoms with Gasteiger partial charge in [0.25, 0.3) is 0 Å². The molecule has 12 heavy (non-hydrogen) atoms. The Morgan fingerprint density at radius 3 is 2.17 bits per heavy atom. The Morgan fingerprint density at radius 2 is 1.83 bits per heavy atom. The van der Waals surface area contributed by atoms with Gasteiger partial charge in [-0.15, -0.1) is 0 Å². The van der Waals surface area contributed by atoms with Crippen molar-refractivity contribution in [3.63, 3.8) is 0 Å². The summed E-state index contributed by atoms with van der Waals surface area (Å²) in [5, 5.41) is 0. The lowest BCUT2D eigenvalue weighted by Gasteiger charge is -2.29. The summed E-state index contributed by atoms with van der Waals surface area (Å²) in [6.45, 7) is 7.66. The maximum Gasteiger partial charge on any atom is 0.0149 e. The zero-order chi connectivity index (χ0) is 9.78. The minimum absolute atomic E-state index is 0.00993. The summed E-state index contributed by atoms with van der Waals surface area (Å²) >= 11 is 0. The van der Waals surface area contributed by atoms with Crippen LogP contribution in [0.25, 0.3) is 0 Å². The second-order valence-electron chi connectivity index (χ2n) is 4.57. The van der Waals surface area contributed by atoms with Crippen molar-refractivity contribution in [2.75, 3.05) is 20.6 Å². The van der Waals surface area contributed by atoms with Crippen LogP contribution in [0.4, 0.5) is 0 Å². The molecule has 1 atom stereocenters. The van der Waals surface area contributed by atoms with Crippen LogP contribution in [-0.2, 0) is 0 Å². The van der Waals surface area contributed by atoms with Crippen LogP contribution in [-0.4, -0.2) is 31.1 Å². The van der Waals surface area contributed by atoms with E-state index in [1.54, 1.807) is 0 Å². The summed E-state index contributed by atoms with van der Waals surface area (Å²) in [6, 6.07) is 0. The molecule has 0 fully saturated rings. The van der Waals surface area contributed by atoms with E-state index in [0.29, 0.717) is 5.92 Å². The van der Waals surface area contributed by atoms with Crippen molar-refractivity contribution in [3.05, 3.63) is 0 Å². The fraction of sp³-hybridized carbons (Fsp3) is 1.00. The van der Waals surface area contributed by atoms with Crippen LogP contribution in [0.5, 0.6) is 0 Å². The van der Waals surface area contributed by atoms with Gasteiger partial charge in [0.05, 0.1) is 0 Å². The van der Waals surface area contributed by atoms with Crippen molar-refractivity contribution in [2.24, 2.45) is 11.7 Å². The van der Waals surface area contributed by atoms with Crippen LogP contribution in [0.1, 0.15) is 33.6 Å². The molecular formula is C10H24N2. The molecule has 0 rings (SSSR count). The SMILES string of the molecule is CC(C)C(C)(N)CCCN(C)C. The molecule has 0 saturated heterocycles. The van der Waals surface area contributed by atoms with Crippen LogP contribution < -0.4 is 5.73 Å². The summed E-state index contributed by atoms with van der Waals surface area (Å²) < 4.78 is 0. The van der Waals surface area contributed by atoms with E-state index < -0.39 is 0 Å². The van der Waals surface area contributed by atoms with E-state index in [1.165, 1.54) is 6.42 Å². The highest BCUT2D eigenvalue weighted by molar-refractivity contribution is 4.81. The smallest absolute Gasteiger partial charge is 0.0149 e. The van der Waals surface area contributed by atoms with Crippen molar-refractivity contribution >= 4 is 0 Å². The Bertz CT molecular complexity index is 117. The summed E-state index contributed by atoms with van der Waals surface area (Å²) in [5.41, 5.74) is 6.14. The molecule has 0 radical (unpaired) electrons. The Labute approximate surface area is 77.1 Å². The lowest BCUT2D eigenvalue weighted by molar-refractivity contribution is 0.287. The minimum Gasteiger partial charge on any atom is -0.325 e. The molecule has 0 aliphatic heterocycles. The molecule has 74 valence electrons. The van der Waals surface area contributed by atoms with Crippen LogP contribution in [0, 0.1) is 5.92 Å². The van der Waals surface area contributed by atoms with Crippen molar-refractivity contribution in [2.45, 2.75) is 39.2 Å². The van der Waals surface area contributed by atoms with Crippen molar-refractivity contribution < 1.29 is 0 Å². The third-order valence-corrected chi connectivity index (χ3v) is 2.64. The topological polar surface area (TPSA) is 29.3 Å². The molecular weight excluding hydrogens is 148 g/mol. The predicted molar refractivity (Wildman–Crippen MR) is 55.2 cm³/mol. The molecule has 0 bridgehead atoms. The fourth-order valence-electron chi connectivity index (χ4n) is 1.06. The normalized spacial score (nSPS) is 17.0. The maximum absolute atomic E-state index is 6.13. The van der Waals surface area contributed by atoms with Gasteiger partial charge in [0.2, 0.25) is 0 Å². The first-order valence-corrected chi connectivity index (χ1v) is 4.80. The van der Waals surface area contributed by atoms with Crippen LogP contribution in [0.2, 0.25) is 0 Å². The molecule has 0 aromatic rings. The van der Waals surface area contributed by atoms with E-state index in [4.69, 9.17) is 5.73 Å². The van der Waals surface area contributed by atoms with Gasteiger partial charge in [-0.2, -0.15) is 0 Å². The first kappa shape index (κ1) is 11.9. The molecule has 0 aromatic carbocycles. The molecule has 0 spiro atoms. The predicted octanol–water partition coefficient (Wildman–Crippen LogP) is 1.70. The minimum atomic E-state index is 0.00993. The number of nitrogens with zero attached hydrogens (tertiary/aromatic N) is 1. The van der Waals surface area contributed by atoms with Gasteiger partial charge in [0.1, 0.15) is 0 Å². The highest BCUT2D eigenvalue weighted by Crippen LogP contribution is 2.18. The van der Waals surface area contributed by atoms with E-state index in [2.05, 4.69) is 39.8 Å². The lowest BCUT2D eigenvalue weighted by atomic mass is 9.85. The van der Waals surface area contributed by atoms with Gasteiger partial charge in [-0.1, -0.05) is 13.8 Å². The Hall–Kier alpha value is -0.0800. The monoisotopic (exact) mass is 172 g/mol. The van der Waals surface area contributed by atoms with Crippen molar-refractivity contribution in [1.29, 1.82) is 0 Å². The van der Waals surface area contributed by atoms with Gasteiger partial charge in [0.15, 0.2) is 0 Å². The van der Waals surface area contributed by atoms with Crippen molar-refractivity contribution in [3.8, 4) is 0 Å². The Balaban J connectivity index is 3.61. The Morgan fingerprint density at radius 1 is 1.33 bits per heavy atom. The molecule has 2 heteroatoms. The van der Waals surface area contributed by atoms with Crippen LogP contribution in [0.15, 0.2) is 0 Å². The van der Waals surface area contributed by atoms with Crippen molar-refractivity contribution in [1.82, 2.24) is 4.90 Å². The summed E-state index contributed by atoms with van der Waals surface area (Å²) in [5.74, 6) is 0.569. The number of hydrogen-bond donors (Lipinski definition) is 1. The van der Waals surface area contributed by atoms with E-state index >= 15 is 0 Å². The average molecular weight is 172 g/mol. The molecule has 0 amide bonds. The molecule has 0 aliphatic rings. The highest BCUT2D eigenvalue weighted by atomic mass is 15.0. The molecule has 2 N–H and O–H groups in total. The van der Waals surface area contributed by atoms with Crippen LogP contribution in [0.3, 0.4) is 0 Å². The van der Waals surface area contributed by atoms with E-state index in [0.717, 1.165) is 13.0 Å². The summed E-state index contributed by atoms with van der Waals surface area (Å²) in [4.78, 5) is 2.20. The largest absolute Gasteiger partial charge is 0.325 e. The second kappa shape index (κ2) is 4.83. The third kappa shape index (κ3) is 4.73. The van der Waals surface area contributed by atoms with Gasteiger partial charge >= 0.3 is 0 Å². The highest BCUT2D eigenvalue weighted by Gasteiger charge is 2.21. The summed E-state index contributed by atoms with van der Waals surface area (Å²) in [6.07, 6.45) is 2.31. The number of nitrogens with two attached hydrogens (primary N) is 1. The quantitative estimate of drug-likeness (QED) is 0.684. The van der Waals surface area contributed by atoms with Crippen LogP contribution >= 0.6 is 0 Å². The first-order chi connectivity index (χ1) is 5.36. The molecule has 0 saturated carbocycles. The third-order valence-electron chi connectivity index (χ3n) is 2.64. The zero-order valence-electron chi connectivity index (χ0n) is 9.22. The van der Waals surface area contributed by atoms with E-state index in [-0.39, 0.29) is 5.54 Å². The molecule has 2 nitrogen and oxygen atoms in total. The number of hydrogen-bond acceptors (Lipinski definition) is 2. The standard InChI is InChI=1S/C10H24N2/c1-9(2)10(3,11)7-6-8-12(4)5/h9H,6-8,11H2,1-5H3. The van der Waals surface area contributed by atoms with E-state index in [1.807, 2.05) is 0 Å². The molecule has 0 aromatic heterocycles. The molecule has 0 aliphatic carbocycles. The Kier molecular flexibility index (Phi) is 4.80. The average Bonchev–Trinajstić information content (AvgIpc) is 1.85. The van der Waals surface area contributed by atoms with Gasteiger partial charge in [0, 0.05) is 5.54 Å². The van der Waals surface area contributed by atoms with Gasteiger partial charge in [-0.25, -0.2) is 0 Å². The molecule has 0 heterocycles.